The molecule has 0 saturated carbocycles. The Bertz CT molecular complexity index is 617. The van der Waals surface area contributed by atoms with Gasteiger partial charge in [0.1, 0.15) is 6.04 Å². The first-order chi connectivity index (χ1) is 9.70. The highest BCUT2D eigenvalue weighted by molar-refractivity contribution is 7.27. The lowest BCUT2D eigenvalue weighted by Gasteiger charge is -2.33. The molecule has 106 valence electrons. The molecule has 0 aromatic carbocycles. The minimum absolute atomic E-state index is 0.0477. The molecule has 0 bridgehead atoms. The smallest absolute Gasteiger partial charge is 0.328 e. The summed E-state index contributed by atoms with van der Waals surface area (Å²) in [6.07, 6.45) is 2.60. The van der Waals surface area contributed by atoms with Gasteiger partial charge in [0.05, 0.1) is 12.0 Å². The largest absolute Gasteiger partial charge is 0.467 e. The monoisotopic (exact) mass is 309 g/mol. The van der Waals surface area contributed by atoms with Gasteiger partial charge in [-0.2, -0.15) is 0 Å². The lowest BCUT2D eigenvalue weighted by molar-refractivity contribution is -0.147. The molecule has 1 unspecified atom stereocenters. The second-order valence-electron chi connectivity index (χ2n) is 4.79. The van der Waals surface area contributed by atoms with Gasteiger partial charge in [0, 0.05) is 15.9 Å². The molecule has 2 aromatic heterocycles. The average Bonchev–Trinajstić information content (AvgIpc) is 3.07. The number of piperidine rings is 1. The highest BCUT2D eigenvalue weighted by Crippen LogP contribution is 2.32. The van der Waals surface area contributed by atoms with Gasteiger partial charge in [0.15, 0.2) is 0 Å². The van der Waals surface area contributed by atoms with Crippen LogP contribution in [0.15, 0.2) is 17.5 Å². The van der Waals surface area contributed by atoms with E-state index in [0.29, 0.717) is 17.8 Å². The van der Waals surface area contributed by atoms with Crippen LogP contribution in [0.4, 0.5) is 0 Å². The Morgan fingerprint density at radius 1 is 1.35 bits per heavy atom. The van der Waals surface area contributed by atoms with Gasteiger partial charge in [0.2, 0.25) is 0 Å². The molecule has 1 aliphatic rings. The summed E-state index contributed by atoms with van der Waals surface area (Å²) < 4.78 is 7.08. The minimum atomic E-state index is -0.429. The highest BCUT2D eigenvalue weighted by atomic mass is 32.1. The van der Waals surface area contributed by atoms with Crippen LogP contribution in [-0.2, 0) is 9.53 Å². The number of rotatable bonds is 2. The van der Waals surface area contributed by atoms with Crippen molar-refractivity contribution in [2.75, 3.05) is 13.7 Å². The second kappa shape index (κ2) is 5.54. The van der Waals surface area contributed by atoms with Gasteiger partial charge in [-0.1, -0.05) is 0 Å². The van der Waals surface area contributed by atoms with Crippen molar-refractivity contribution in [3.63, 3.8) is 0 Å². The van der Waals surface area contributed by atoms with Crippen LogP contribution in [0.5, 0.6) is 0 Å². The van der Waals surface area contributed by atoms with Crippen molar-refractivity contribution in [1.29, 1.82) is 0 Å². The number of carbonyl (C=O) groups excluding carboxylic acids is 2. The summed E-state index contributed by atoms with van der Waals surface area (Å²) in [7, 11) is 1.38. The summed E-state index contributed by atoms with van der Waals surface area (Å²) in [6, 6.07) is 3.52. The molecule has 1 saturated heterocycles. The predicted octanol–water partition coefficient (Wildman–Crippen LogP) is 3.13. The van der Waals surface area contributed by atoms with Gasteiger partial charge in [-0.3, -0.25) is 4.79 Å². The number of amides is 1. The van der Waals surface area contributed by atoms with Crippen LogP contribution in [0.2, 0.25) is 0 Å². The quantitative estimate of drug-likeness (QED) is 0.801. The molecule has 2 aromatic rings. The van der Waals surface area contributed by atoms with E-state index in [4.69, 9.17) is 4.74 Å². The normalized spacial score (nSPS) is 19.2. The van der Waals surface area contributed by atoms with Crippen molar-refractivity contribution >= 4 is 43.9 Å². The molecule has 0 radical (unpaired) electrons. The topological polar surface area (TPSA) is 46.6 Å². The molecule has 0 spiro atoms. The molecule has 6 heteroatoms. The SMILES string of the molecule is COC(=O)C1CCCCN1C(=O)c1cc2sccc2s1. The molecule has 4 nitrogen and oxygen atoms in total. The summed E-state index contributed by atoms with van der Waals surface area (Å²) in [6.45, 7) is 0.629. The first-order valence-corrected chi connectivity index (χ1v) is 8.26. The van der Waals surface area contributed by atoms with E-state index in [-0.39, 0.29) is 11.9 Å². The molecule has 20 heavy (non-hydrogen) atoms. The van der Waals surface area contributed by atoms with E-state index >= 15 is 0 Å². The molecule has 1 aliphatic heterocycles. The number of hydrogen-bond donors (Lipinski definition) is 0. The number of ether oxygens (including phenoxy) is 1. The zero-order valence-corrected chi connectivity index (χ0v) is 12.8. The molecule has 1 fully saturated rings. The van der Waals surface area contributed by atoms with Crippen molar-refractivity contribution < 1.29 is 14.3 Å². The minimum Gasteiger partial charge on any atom is -0.467 e. The maximum absolute atomic E-state index is 12.6. The average molecular weight is 309 g/mol. The summed E-state index contributed by atoms with van der Waals surface area (Å²) in [5.74, 6) is -0.357. The first kappa shape index (κ1) is 13.6. The third-order valence-electron chi connectivity index (χ3n) is 3.59. The number of esters is 1. The van der Waals surface area contributed by atoms with Gasteiger partial charge in [-0.25, -0.2) is 4.79 Å². The second-order valence-corrected chi connectivity index (χ2v) is 6.82. The lowest BCUT2D eigenvalue weighted by atomic mass is 10.0. The zero-order valence-electron chi connectivity index (χ0n) is 11.1. The van der Waals surface area contributed by atoms with Crippen molar-refractivity contribution in [1.82, 2.24) is 4.90 Å². The number of hydrogen-bond acceptors (Lipinski definition) is 5. The first-order valence-electron chi connectivity index (χ1n) is 6.56. The van der Waals surface area contributed by atoms with Crippen molar-refractivity contribution in [3.8, 4) is 0 Å². The molecule has 1 amide bonds. The fourth-order valence-electron chi connectivity index (χ4n) is 2.57. The molecular formula is C14H15NO3S2. The van der Waals surface area contributed by atoms with Crippen LogP contribution in [0.25, 0.3) is 9.40 Å². The maximum Gasteiger partial charge on any atom is 0.328 e. The Labute approximate surface area is 125 Å². The van der Waals surface area contributed by atoms with Crippen molar-refractivity contribution in [2.45, 2.75) is 25.3 Å². The van der Waals surface area contributed by atoms with Crippen LogP contribution >= 0.6 is 22.7 Å². The third-order valence-corrected chi connectivity index (χ3v) is 5.67. The van der Waals surface area contributed by atoms with Gasteiger partial charge in [-0.05, 0) is 36.8 Å². The van der Waals surface area contributed by atoms with E-state index in [1.165, 1.54) is 18.4 Å². The number of carbonyl (C=O) groups is 2. The van der Waals surface area contributed by atoms with E-state index in [2.05, 4.69) is 0 Å². The number of likely N-dealkylation sites (tertiary alicyclic amines) is 1. The Balaban J connectivity index is 1.87. The third kappa shape index (κ3) is 2.33. The van der Waals surface area contributed by atoms with Crippen LogP contribution in [0.1, 0.15) is 28.9 Å². The molecule has 3 rings (SSSR count). The summed E-state index contributed by atoms with van der Waals surface area (Å²) in [4.78, 5) is 26.8. The van der Waals surface area contributed by atoms with E-state index in [0.717, 1.165) is 22.2 Å². The van der Waals surface area contributed by atoms with Crippen molar-refractivity contribution in [2.24, 2.45) is 0 Å². The maximum atomic E-state index is 12.6. The van der Waals surface area contributed by atoms with E-state index in [9.17, 15) is 9.59 Å². The van der Waals surface area contributed by atoms with Crippen LogP contribution in [-0.4, -0.2) is 36.5 Å². The van der Waals surface area contributed by atoms with Crippen LogP contribution < -0.4 is 0 Å². The Hall–Kier alpha value is -1.40. The zero-order chi connectivity index (χ0) is 14.1. The Kier molecular flexibility index (Phi) is 3.76. The number of methoxy groups -OCH3 is 1. The summed E-state index contributed by atoms with van der Waals surface area (Å²) in [5, 5.41) is 2.02. The predicted molar refractivity (Wildman–Crippen MR) is 80.4 cm³/mol. The van der Waals surface area contributed by atoms with Gasteiger partial charge in [0.25, 0.3) is 5.91 Å². The number of thiophene rings is 2. The van der Waals surface area contributed by atoms with Crippen LogP contribution in [0, 0.1) is 0 Å². The molecule has 0 N–H and O–H groups in total. The highest BCUT2D eigenvalue weighted by Gasteiger charge is 2.33. The van der Waals surface area contributed by atoms with Gasteiger partial charge >= 0.3 is 5.97 Å². The molecule has 3 heterocycles. The molecular weight excluding hydrogens is 294 g/mol. The number of fused-ring (bicyclic) bond motifs is 1. The van der Waals surface area contributed by atoms with E-state index in [1.54, 1.807) is 16.2 Å². The van der Waals surface area contributed by atoms with Crippen LogP contribution in [0.3, 0.4) is 0 Å². The fourth-order valence-corrected chi connectivity index (χ4v) is 4.63. The lowest BCUT2D eigenvalue weighted by Crippen LogP contribution is -2.48. The molecule has 0 aliphatic carbocycles. The number of nitrogens with zero attached hydrogens (tertiary/aromatic N) is 1. The van der Waals surface area contributed by atoms with Crippen molar-refractivity contribution in [3.05, 3.63) is 22.4 Å². The van der Waals surface area contributed by atoms with Gasteiger partial charge in [-0.15, -0.1) is 22.7 Å². The fraction of sp³-hybridized carbons (Fsp3) is 0.429. The Morgan fingerprint density at radius 2 is 2.20 bits per heavy atom. The van der Waals surface area contributed by atoms with E-state index < -0.39 is 6.04 Å². The Morgan fingerprint density at radius 3 is 2.95 bits per heavy atom. The standard InChI is InChI=1S/C14H15NO3S2/c1-18-14(17)9-4-2-3-6-15(9)13(16)12-8-11-10(20-12)5-7-19-11/h5,7-9H,2-4,6H2,1H3. The van der Waals surface area contributed by atoms with Gasteiger partial charge < -0.3 is 9.64 Å². The summed E-state index contributed by atoms with van der Waals surface area (Å²) in [5.41, 5.74) is 0. The van der Waals surface area contributed by atoms with E-state index in [1.807, 2.05) is 17.5 Å². The molecule has 1 atom stereocenters. The summed E-state index contributed by atoms with van der Waals surface area (Å²) >= 11 is 3.13.